The molecule has 152 valence electrons. The van der Waals surface area contributed by atoms with Gasteiger partial charge in [0.25, 0.3) is 0 Å². The highest BCUT2D eigenvalue weighted by Crippen LogP contribution is 2.22. The van der Waals surface area contributed by atoms with Crippen LogP contribution in [-0.2, 0) is 14.3 Å². The third-order valence-corrected chi connectivity index (χ3v) is 5.38. The van der Waals surface area contributed by atoms with E-state index in [0.29, 0.717) is 45.1 Å². The van der Waals surface area contributed by atoms with E-state index in [-0.39, 0.29) is 36.8 Å². The number of fused-ring (bicyclic) bond motifs is 1. The van der Waals surface area contributed by atoms with E-state index in [9.17, 15) is 9.59 Å². The highest BCUT2D eigenvalue weighted by atomic mass is 16.6. The van der Waals surface area contributed by atoms with Gasteiger partial charge in [-0.05, 0) is 19.1 Å². The summed E-state index contributed by atoms with van der Waals surface area (Å²) in [6.07, 6.45) is 1.13. The van der Waals surface area contributed by atoms with Gasteiger partial charge in [0.05, 0.1) is 19.4 Å². The maximum atomic E-state index is 12.6. The molecule has 3 fully saturated rings. The van der Waals surface area contributed by atoms with Crippen molar-refractivity contribution in [2.75, 3.05) is 53.0 Å². The molecule has 1 aromatic rings. The molecule has 0 spiro atoms. The summed E-state index contributed by atoms with van der Waals surface area (Å²) < 4.78 is 17.8. The third kappa shape index (κ3) is 4.05. The second-order valence-corrected chi connectivity index (χ2v) is 7.54. The number of nitrogens with zero attached hydrogens (tertiary/aromatic N) is 4. The molecule has 0 saturated carbocycles. The van der Waals surface area contributed by atoms with E-state index >= 15 is 0 Å². The molecule has 4 heterocycles. The number of hydrogen-bond donors (Lipinski definition) is 0. The number of amides is 3. The zero-order valence-corrected chi connectivity index (χ0v) is 16.2. The summed E-state index contributed by atoms with van der Waals surface area (Å²) in [6.45, 7) is 5.00. The van der Waals surface area contributed by atoms with Crippen molar-refractivity contribution in [1.29, 1.82) is 0 Å². The van der Waals surface area contributed by atoms with Crippen LogP contribution in [0.15, 0.2) is 18.3 Å². The Kier molecular flexibility index (Phi) is 5.36. The molecule has 3 aliphatic rings. The SMILES string of the molecule is Cc1ccc(OC2CO[C@H]3CN(C(=O)CN4CCN(C)C4=O)C[C@@H]3OC2)cn1. The second kappa shape index (κ2) is 7.92. The Bertz CT molecular complexity index is 712. The van der Waals surface area contributed by atoms with Gasteiger partial charge in [-0.25, -0.2) is 4.79 Å². The predicted octanol–water partition coefficient (Wildman–Crippen LogP) is 0.131. The Morgan fingerprint density at radius 1 is 1.21 bits per heavy atom. The van der Waals surface area contributed by atoms with E-state index in [1.54, 1.807) is 27.9 Å². The molecular formula is C19H26N4O5. The molecule has 0 aliphatic carbocycles. The second-order valence-electron chi connectivity index (χ2n) is 7.54. The molecule has 3 amide bonds. The molecule has 3 aliphatic heterocycles. The van der Waals surface area contributed by atoms with Crippen molar-refractivity contribution in [2.24, 2.45) is 0 Å². The summed E-state index contributed by atoms with van der Waals surface area (Å²) in [5.41, 5.74) is 0.933. The Balaban J connectivity index is 1.27. The fourth-order valence-electron chi connectivity index (χ4n) is 3.68. The first-order valence-electron chi connectivity index (χ1n) is 9.60. The molecular weight excluding hydrogens is 364 g/mol. The van der Waals surface area contributed by atoms with Gasteiger partial charge in [-0.2, -0.15) is 0 Å². The van der Waals surface area contributed by atoms with Crippen LogP contribution in [0.2, 0.25) is 0 Å². The first-order chi connectivity index (χ1) is 13.5. The lowest BCUT2D eigenvalue weighted by Crippen LogP contribution is -2.41. The van der Waals surface area contributed by atoms with Crippen LogP contribution in [0.5, 0.6) is 5.75 Å². The van der Waals surface area contributed by atoms with Gasteiger partial charge in [0.2, 0.25) is 5.91 Å². The highest BCUT2D eigenvalue weighted by Gasteiger charge is 2.40. The minimum atomic E-state index is -0.211. The molecule has 0 N–H and O–H groups in total. The van der Waals surface area contributed by atoms with Gasteiger partial charge >= 0.3 is 6.03 Å². The number of carbonyl (C=O) groups excluding carboxylic acids is 2. The predicted molar refractivity (Wildman–Crippen MR) is 99.0 cm³/mol. The minimum Gasteiger partial charge on any atom is -0.484 e. The Hall–Kier alpha value is -2.39. The molecule has 0 aromatic carbocycles. The summed E-state index contributed by atoms with van der Waals surface area (Å²) in [7, 11) is 1.74. The molecule has 28 heavy (non-hydrogen) atoms. The van der Waals surface area contributed by atoms with Crippen LogP contribution in [-0.4, -0.2) is 103 Å². The number of aryl methyl sites for hydroxylation is 1. The lowest BCUT2D eigenvalue weighted by Gasteiger charge is -2.22. The number of rotatable bonds is 4. The number of hydrogen-bond acceptors (Lipinski definition) is 6. The van der Waals surface area contributed by atoms with Gasteiger partial charge in [-0.3, -0.25) is 9.78 Å². The van der Waals surface area contributed by atoms with E-state index in [1.807, 2.05) is 19.1 Å². The van der Waals surface area contributed by atoms with Crippen LogP contribution in [0.25, 0.3) is 0 Å². The van der Waals surface area contributed by atoms with Gasteiger partial charge in [0.15, 0.2) is 0 Å². The summed E-state index contributed by atoms with van der Waals surface area (Å²) in [5.74, 6) is 0.620. The Morgan fingerprint density at radius 3 is 2.50 bits per heavy atom. The average Bonchev–Trinajstić information content (AvgIpc) is 3.18. The lowest BCUT2D eigenvalue weighted by atomic mass is 10.3. The van der Waals surface area contributed by atoms with E-state index in [2.05, 4.69) is 4.98 Å². The van der Waals surface area contributed by atoms with Gasteiger partial charge in [-0.1, -0.05) is 0 Å². The molecule has 9 nitrogen and oxygen atoms in total. The Morgan fingerprint density at radius 2 is 1.93 bits per heavy atom. The van der Waals surface area contributed by atoms with Crippen LogP contribution < -0.4 is 4.74 Å². The maximum absolute atomic E-state index is 12.6. The van der Waals surface area contributed by atoms with Crippen LogP contribution in [0, 0.1) is 6.92 Å². The van der Waals surface area contributed by atoms with E-state index in [0.717, 1.165) is 5.69 Å². The number of ether oxygens (including phenoxy) is 3. The van der Waals surface area contributed by atoms with Gasteiger partial charge in [0, 0.05) is 38.9 Å². The molecule has 0 unspecified atom stereocenters. The number of likely N-dealkylation sites (tertiary alicyclic amines) is 1. The van der Waals surface area contributed by atoms with E-state index in [1.165, 1.54) is 0 Å². The Labute approximate surface area is 164 Å². The van der Waals surface area contributed by atoms with Crippen LogP contribution in [0.3, 0.4) is 0 Å². The van der Waals surface area contributed by atoms with Crippen molar-refractivity contribution in [3.8, 4) is 5.75 Å². The quantitative estimate of drug-likeness (QED) is 0.727. The smallest absolute Gasteiger partial charge is 0.320 e. The summed E-state index contributed by atoms with van der Waals surface area (Å²) >= 11 is 0. The third-order valence-electron chi connectivity index (χ3n) is 5.38. The molecule has 4 rings (SSSR count). The number of pyridine rings is 1. The fraction of sp³-hybridized carbons (Fsp3) is 0.632. The monoisotopic (exact) mass is 390 g/mol. The van der Waals surface area contributed by atoms with Crippen molar-refractivity contribution in [3.63, 3.8) is 0 Å². The van der Waals surface area contributed by atoms with E-state index < -0.39 is 0 Å². The number of urea groups is 1. The number of carbonyl (C=O) groups is 2. The van der Waals surface area contributed by atoms with Gasteiger partial charge in [-0.15, -0.1) is 0 Å². The average molecular weight is 390 g/mol. The molecule has 3 saturated heterocycles. The number of likely N-dealkylation sites (N-methyl/N-ethyl adjacent to an activating group) is 1. The molecule has 2 atom stereocenters. The zero-order valence-electron chi connectivity index (χ0n) is 16.2. The first-order valence-corrected chi connectivity index (χ1v) is 9.60. The molecule has 0 bridgehead atoms. The zero-order chi connectivity index (χ0) is 19.7. The fourth-order valence-corrected chi connectivity index (χ4v) is 3.68. The molecule has 1 aromatic heterocycles. The lowest BCUT2D eigenvalue weighted by molar-refractivity contribution is -0.131. The van der Waals surface area contributed by atoms with Crippen LogP contribution in [0.4, 0.5) is 4.79 Å². The largest absolute Gasteiger partial charge is 0.484 e. The van der Waals surface area contributed by atoms with Crippen molar-refractivity contribution >= 4 is 11.9 Å². The summed E-state index contributed by atoms with van der Waals surface area (Å²) in [6, 6.07) is 3.68. The van der Waals surface area contributed by atoms with Crippen LogP contribution in [0.1, 0.15) is 5.69 Å². The normalized spacial score (nSPS) is 25.8. The van der Waals surface area contributed by atoms with Gasteiger partial charge in [0.1, 0.15) is 30.6 Å². The van der Waals surface area contributed by atoms with Gasteiger partial charge < -0.3 is 28.9 Å². The minimum absolute atomic E-state index is 0.0672. The van der Waals surface area contributed by atoms with Crippen molar-refractivity contribution in [3.05, 3.63) is 24.0 Å². The highest BCUT2D eigenvalue weighted by molar-refractivity contribution is 5.85. The van der Waals surface area contributed by atoms with Crippen molar-refractivity contribution < 1.29 is 23.8 Å². The molecule has 9 heteroatoms. The maximum Gasteiger partial charge on any atom is 0.320 e. The standard InChI is InChI=1S/C19H26N4O5/c1-13-3-4-14(7-20-13)28-15-11-26-16-8-23(9-17(16)27-12-15)18(24)10-22-6-5-21(2)19(22)25/h3-4,7,15-17H,5-6,8-12H2,1-2H3/t16-,17-/m0/s1. The number of aromatic nitrogens is 1. The van der Waals surface area contributed by atoms with E-state index in [4.69, 9.17) is 14.2 Å². The summed E-state index contributed by atoms with van der Waals surface area (Å²) in [5, 5.41) is 0. The van der Waals surface area contributed by atoms with Crippen molar-refractivity contribution in [1.82, 2.24) is 19.7 Å². The summed E-state index contributed by atoms with van der Waals surface area (Å²) in [4.78, 5) is 33.7. The van der Waals surface area contributed by atoms with Crippen LogP contribution >= 0.6 is 0 Å². The molecule has 0 radical (unpaired) electrons. The van der Waals surface area contributed by atoms with Crippen molar-refractivity contribution in [2.45, 2.75) is 25.2 Å². The topological polar surface area (TPSA) is 84.4 Å². The first kappa shape index (κ1) is 18.9.